The van der Waals surface area contributed by atoms with Crippen LogP contribution < -0.4 is 0 Å². The van der Waals surface area contributed by atoms with Gasteiger partial charge in [-0.3, -0.25) is 4.55 Å². The minimum absolute atomic E-state index is 0.0105. The summed E-state index contributed by atoms with van der Waals surface area (Å²) in [5.41, 5.74) is 0.956. The van der Waals surface area contributed by atoms with Crippen LogP contribution in [0.1, 0.15) is 40.2 Å². The summed E-state index contributed by atoms with van der Waals surface area (Å²) in [5, 5.41) is 18.0. The van der Waals surface area contributed by atoms with Crippen LogP contribution in [0.15, 0.2) is 29.2 Å². The summed E-state index contributed by atoms with van der Waals surface area (Å²) >= 11 is 0. The van der Waals surface area contributed by atoms with Gasteiger partial charge in [-0.15, -0.1) is 0 Å². The summed E-state index contributed by atoms with van der Waals surface area (Å²) in [6.07, 6.45) is -0.783. The van der Waals surface area contributed by atoms with Gasteiger partial charge in [-0.05, 0) is 53.7 Å². The van der Waals surface area contributed by atoms with E-state index in [0.29, 0.717) is 26.4 Å². The number of hydrogen-bond donors (Lipinski definition) is 3. The zero-order valence-corrected chi connectivity index (χ0v) is 20.7. The quantitative estimate of drug-likeness (QED) is 0.343. The largest absolute Gasteiger partial charge is 0.394 e. The Balaban J connectivity index is 0.000000726. The highest BCUT2D eigenvalue weighted by atomic mass is 32.2. The fourth-order valence-electron chi connectivity index (χ4n) is 2.11. The average molecular weight is 481 g/mol. The van der Waals surface area contributed by atoms with Crippen LogP contribution in [0.2, 0.25) is 0 Å². The average Bonchev–Trinajstić information content (AvgIpc) is 2.73. The predicted octanol–water partition coefficient (Wildman–Crippen LogP) is 2.22. The van der Waals surface area contributed by atoms with Crippen molar-refractivity contribution >= 4 is 10.1 Å². The van der Waals surface area contributed by atoms with Crippen LogP contribution in [0.3, 0.4) is 0 Å². The molecule has 0 heterocycles. The van der Waals surface area contributed by atoms with Crippen LogP contribution in [-0.4, -0.2) is 86.7 Å². The first-order valence-corrected chi connectivity index (χ1v) is 12.1. The molecular weight excluding hydrogens is 440 g/mol. The Morgan fingerprint density at radius 1 is 0.750 bits per heavy atom. The Kier molecular flexibility index (Phi) is 15.9. The summed E-state index contributed by atoms with van der Waals surface area (Å²) in [6, 6.07) is 5.99. The van der Waals surface area contributed by atoms with E-state index in [2.05, 4.69) is 0 Å². The van der Waals surface area contributed by atoms with Gasteiger partial charge in [0.2, 0.25) is 0 Å². The van der Waals surface area contributed by atoms with Gasteiger partial charge in [0.05, 0.1) is 68.4 Å². The molecule has 0 radical (unpaired) electrons. The van der Waals surface area contributed by atoms with Gasteiger partial charge >= 0.3 is 0 Å². The fraction of sp³-hybridized carbons (Fsp3) is 0.727. The van der Waals surface area contributed by atoms with Crippen molar-refractivity contribution in [2.45, 2.75) is 77.0 Å². The lowest BCUT2D eigenvalue weighted by molar-refractivity contribution is -0.0936. The molecule has 0 fully saturated rings. The second-order valence-electron chi connectivity index (χ2n) is 7.90. The van der Waals surface area contributed by atoms with E-state index in [4.69, 9.17) is 33.7 Å². The first-order chi connectivity index (χ1) is 14.8. The fourth-order valence-corrected chi connectivity index (χ4v) is 2.59. The molecule has 1 aromatic carbocycles. The molecule has 9 nitrogen and oxygen atoms in total. The van der Waals surface area contributed by atoms with Crippen molar-refractivity contribution in [2.24, 2.45) is 0 Å². The number of rotatable bonds is 14. The SMILES string of the molecule is CC(O)COC(C)COC(C)COC(C)COC(C)CO.Cc1ccc(S(=O)(=O)O)cc1. The number of aryl methyl sites for hydroxylation is 1. The lowest BCUT2D eigenvalue weighted by atomic mass is 10.2. The zero-order chi connectivity index (χ0) is 24.7. The van der Waals surface area contributed by atoms with Crippen molar-refractivity contribution < 1.29 is 42.1 Å². The Hall–Kier alpha value is -1.11. The summed E-state index contributed by atoms with van der Waals surface area (Å²) < 4.78 is 51.6. The van der Waals surface area contributed by atoms with E-state index in [0.717, 1.165) is 5.56 Å². The highest BCUT2D eigenvalue weighted by Gasteiger charge is 2.11. The number of ether oxygens (including phenoxy) is 4. The van der Waals surface area contributed by atoms with Crippen molar-refractivity contribution in [3.8, 4) is 0 Å². The molecule has 0 saturated heterocycles. The molecule has 1 rings (SSSR count). The van der Waals surface area contributed by atoms with E-state index in [1.165, 1.54) is 12.1 Å². The first kappa shape index (κ1) is 30.9. The van der Waals surface area contributed by atoms with Gasteiger partial charge in [-0.1, -0.05) is 17.7 Å². The van der Waals surface area contributed by atoms with Gasteiger partial charge < -0.3 is 29.2 Å². The maximum atomic E-state index is 10.5. The van der Waals surface area contributed by atoms with Crippen LogP contribution in [0.4, 0.5) is 0 Å². The molecule has 0 aliphatic heterocycles. The third kappa shape index (κ3) is 16.5. The van der Waals surface area contributed by atoms with Crippen LogP contribution in [0.5, 0.6) is 0 Å². The normalized spacial score (nSPS) is 16.4. The summed E-state index contributed by atoms with van der Waals surface area (Å²) in [4.78, 5) is -0.0666. The van der Waals surface area contributed by atoms with E-state index in [1.807, 2.05) is 34.6 Å². The van der Waals surface area contributed by atoms with E-state index >= 15 is 0 Å². The monoisotopic (exact) mass is 480 g/mol. The standard InChI is InChI=1S/C15H32O6.C7H8O3S/c1-11(17)7-18-13(3)9-20-15(5)10-21-14(4)8-19-12(2)6-16;1-6-2-4-7(5-3-6)11(8,9)10/h11-17H,6-10H2,1-5H3;2-5H,1H3,(H,8,9,10). The molecule has 0 aromatic heterocycles. The minimum atomic E-state index is -4.02. The predicted molar refractivity (Wildman–Crippen MR) is 121 cm³/mol. The van der Waals surface area contributed by atoms with Gasteiger partial charge in [-0.2, -0.15) is 8.42 Å². The molecule has 0 aliphatic rings. The van der Waals surface area contributed by atoms with Gasteiger partial charge in [0, 0.05) is 0 Å². The highest BCUT2D eigenvalue weighted by Crippen LogP contribution is 2.08. The lowest BCUT2D eigenvalue weighted by Gasteiger charge is -2.21. The van der Waals surface area contributed by atoms with Crippen LogP contribution in [0, 0.1) is 6.92 Å². The van der Waals surface area contributed by atoms with E-state index in [-0.39, 0.29) is 35.9 Å². The van der Waals surface area contributed by atoms with Gasteiger partial charge in [0.1, 0.15) is 0 Å². The summed E-state index contributed by atoms with van der Waals surface area (Å²) in [6.45, 7) is 12.8. The number of benzene rings is 1. The molecule has 0 amide bonds. The smallest absolute Gasteiger partial charge is 0.294 e. The molecule has 32 heavy (non-hydrogen) atoms. The maximum Gasteiger partial charge on any atom is 0.294 e. The number of hydrogen-bond acceptors (Lipinski definition) is 8. The lowest BCUT2D eigenvalue weighted by Crippen LogP contribution is -2.28. The highest BCUT2D eigenvalue weighted by molar-refractivity contribution is 7.85. The Morgan fingerprint density at radius 2 is 1.12 bits per heavy atom. The molecule has 0 saturated carbocycles. The van der Waals surface area contributed by atoms with Crippen molar-refractivity contribution in [3.63, 3.8) is 0 Å². The molecular formula is C22H40O9S. The van der Waals surface area contributed by atoms with Gasteiger partial charge in [0.25, 0.3) is 10.1 Å². The van der Waals surface area contributed by atoms with E-state index in [1.54, 1.807) is 19.1 Å². The molecule has 10 heteroatoms. The second-order valence-corrected chi connectivity index (χ2v) is 9.32. The van der Waals surface area contributed by atoms with Crippen molar-refractivity contribution in [2.75, 3.05) is 33.0 Å². The molecule has 0 aliphatic carbocycles. The topological polar surface area (TPSA) is 132 Å². The third-order valence-electron chi connectivity index (χ3n) is 4.04. The molecule has 0 spiro atoms. The van der Waals surface area contributed by atoms with Crippen molar-refractivity contribution in [3.05, 3.63) is 29.8 Å². The first-order valence-electron chi connectivity index (χ1n) is 10.6. The maximum absolute atomic E-state index is 10.5. The Bertz CT molecular complexity index is 692. The number of aliphatic hydroxyl groups is 2. The Morgan fingerprint density at radius 3 is 1.47 bits per heavy atom. The van der Waals surface area contributed by atoms with Crippen LogP contribution in [-0.2, 0) is 29.1 Å². The zero-order valence-electron chi connectivity index (χ0n) is 19.9. The second kappa shape index (κ2) is 16.5. The number of aliphatic hydroxyl groups excluding tert-OH is 2. The van der Waals surface area contributed by atoms with Gasteiger partial charge in [0.15, 0.2) is 0 Å². The Labute approximate surface area is 192 Å². The molecule has 5 unspecified atom stereocenters. The summed E-state index contributed by atoms with van der Waals surface area (Å²) in [5.74, 6) is 0. The molecule has 0 bridgehead atoms. The molecule has 3 N–H and O–H groups in total. The van der Waals surface area contributed by atoms with E-state index in [9.17, 15) is 8.42 Å². The summed E-state index contributed by atoms with van der Waals surface area (Å²) in [7, 11) is -4.02. The van der Waals surface area contributed by atoms with Crippen molar-refractivity contribution in [1.29, 1.82) is 0 Å². The van der Waals surface area contributed by atoms with Crippen LogP contribution in [0.25, 0.3) is 0 Å². The van der Waals surface area contributed by atoms with Crippen LogP contribution >= 0.6 is 0 Å². The van der Waals surface area contributed by atoms with Gasteiger partial charge in [-0.25, -0.2) is 0 Å². The third-order valence-corrected chi connectivity index (χ3v) is 4.91. The minimum Gasteiger partial charge on any atom is -0.394 e. The molecule has 188 valence electrons. The van der Waals surface area contributed by atoms with E-state index < -0.39 is 16.2 Å². The molecule has 1 aromatic rings. The molecule has 5 atom stereocenters. The van der Waals surface area contributed by atoms with Crippen molar-refractivity contribution in [1.82, 2.24) is 0 Å².